The summed E-state index contributed by atoms with van der Waals surface area (Å²) in [7, 11) is -7.61. The molecule has 8 heteroatoms. The normalized spacial score (nSPS) is 19.9. The number of aryl methyl sites for hydroxylation is 2. The highest BCUT2D eigenvalue weighted by Gasteiger charge is 2.28. The first-order valence-corrected chi connectivity index (χ1v) is 13.4. The summed E-state index contributed by atoms with van der Waals surface area (Å²) in [4.78, 5) is 0.295. The lowest BCUT2D eigenvalue weighted by molar-refractivity contribution is 0.132. The van der Waals surface area contributed by atoms with E-state index in [-0.39, 0.29) is 34.8 Å². The molecule has 170 valence electrons. The molecule has 0 N–H and O–H groups in total. The zero-order chi connectivity index (χ0) is 22.5. The van der Waals surface area contributed by atoms with Crippen LogP contribution in [0.3, 0.4) is 0 Å². The summed E-state index contributed by atoms with van der Waals surface area (Å²) < 4.78 is 60.4. The van der Waals surface area contributed by atoms with Gasteiger partial charge < -0.3 is 0 Å². The Labute approximate surface area is 185 Å². The van der Waals surface area contributed by atoms with Crippen molar-refractivity contribution in [3.05, 3.63) is 59.7 Å². The molecule has 2 aromatic carbocycles. The quantitative estimate of drug-likeness (QED) is 0.502. The molecule has 0 aliphatic heterocycles. The Hall–Kier alpha value is -1.74. The Morgan fingerprint density at radius 2 is 1.16 bits per heavy atom. The van der Waals surface area contributed by atoms with Crippen molar-refractivity contribution in [1.29, 1.82) is 0 Å². The molecule has 6 nitrogen and oxygen atoms in total. The van der Waals surface area contributed by atoms with Crippen molar-refractivity contribution in [3.8, 4) is 0 Å². The van der Waals surface area contributed by atoms with Crippen molar-refractivity contribution in [2.45, 2.75) is 55.7 Å². The molecule has 0 bridgehead atoms. The van der Waals surface area contributed by atoms with E-state index < -0.39 is 20.2 Å². The van der Waals surface area contributed by atoms with Crippen LogP contribution in [0.1, 0.15) is 43.2 Å². The van der Waals surface area contributed by atoms with Crippen molar-refractivity contribution in [1.82, 2.24) is 0 Å². The average molecular weight is 467 g/mol. The summed E-state index contributed by atoms with van der Waals surface area (Å²) >= 11 is 0. The second kappa shape index (κ2) is 10.3. The molecule has 3 rings (SSSR count). The van der Waals surface area contributed by atoms with Gasteiger partial charge in [-0.15, -0.1) is 0 Å². The Balaban J connectivity index is 1.55. The fourth-order valence-electron chi connectivity index (χ4n) is 3.92. The number of hydrogen-bond donors (Lipinski definition) is 0. The Kier molecular flexibility index (Phi) is 7.91. The minimum atomic E-state index is -3.81. The van der Waals surface area contributed by atoms with Gasteiger partial charge in [-0.3, -0.25) is 8.37 Å². The fraction of sp³-hybridized carbons (Fsp3) is 0.478. The highest BCUT2D eigenvalue weighted by atomic mass is 32.2. The summed E-state index contributed by atoms with van der Waals surface area (Å²) in [5, 5.41) is 0. The summed E-state index contributed by atoms with van der Waals surface area (Å²) in [6, 6.07) is 13.1. The van der Waals surface area contributed by atoms with Crippen molar-refractivity contribution in [2.24, 2.45) is 11.8 Å². The van der Waals surface area contributed by atoms with Crippen LogP contribution in [0, 0.1) is 25.7 Å². The van der Waals surface area contributed by atoms with E-state index in [4.69, 9.17) is 8.37 Å². The van der Waals surface area contributed by atoms with Gasteiger partial charge in [0.25, 0.3) is 20.2 Å². The van der Waals surface area contributed by atoms with Crippen molar-refractivity contribution in [3.63, 3.8) is 0 Å². The Morgan fingerprint density at radius 3 is 1.68 bits per heavy atom. The van der Waals surface area contributed by atoms with Crippen molar-refractivity contribution in [2.75, 3.05) is 13.2 Å². The van der Waals surface area contributed by atoms with Crippen LogP contribution >= 0.6 is 0 Å². The number of benzene rings is 2. The number of rotatable bonds is 9. The van der Waals surface area contributed by atoms with E-state index >= 15 is 0 Å². The molecule has 2 aromatic rings. The topological polar surface area (TPSA) is 86.7 Å². The average Bonchev–Trinajstić information content (AvgIpc) is 2.73. The Bertz CT molecular complexity index is 1060. The predicted molar refractivity (Wildman–Crippen MR) is 119 cm³/mol. The molecule has 1 saturated carbocycles. The van der Waals surface area contributed by atoms with E-state index in [9.17, 15) is 16.8 Å². The zero-order valence-electron chi connectivity index (χ0n) is 18.0. The SMILES string of the molecule is Cc1ccc(S(=O)(=O)OCCC2CCCCC2COS(=O)(=O)c2ccc(C)cc2)cc1. The highest BCUT2D eigenvalue weighted by molar-refractivity contribution is 7.87. The third kappa shape index (κ3) is 6.62. The lowest BCUT2D eigenvalue weighted by Crippen LogP contribution is -2.27. The molecule has 0 saturated heterocycles. The first-order valence-electron chi connectivity index (χ1n) is 10.6. The van der Waals surface area contributed by atoms with Crippen LogP contribution in [0.4, 0.5) is 0 Å². The lowest BCUT2D eigenvalue weighted by atomic mass is 9.78. The monoisotopic (exact) mass is 466 g/mol. The van der Waals surface area contributed by atoms with Crippen LogP contribution in [0.5, 0.6) is 0 Å². The van der Waals surface area contributed by atoms with Gasteiger partial charge in [0.15, 0.2) is 0 Å². The van der Waals surface area contributed by atoms with Gasteiger partial charge in [0.1, 0.15) is 0 Å². The maximum Gasteiger partial charge on any atom is 0.296 e. The maximum atomic E-state index is 12.5. The van der Waals surface area contributed by atoms with E-state index in [1.54, 1.807) is 36.4 Å². The minimum Gasteiger partial charge on any atom is -0.266 e. The molecule has 1 aliphatic carbocycles. The van der Waals surface area contributed by atoms with Gasteiger partial charge in [0.2, 0.25) is 0 Å². The predicted octanol–water partition coefficient (Wildman–Crippen LogP) is 4.61. The summed E-state index contributed by atoms with van der Waals surface area (Å²) in [5.74, 6) is 0.217. The van der Waals surface area contributed by atoms with E-state index in [2.05, 4.69) is 0 Å². The summed E-state index contributed by atoms with van der Waals surface area (Å²) in [6.45, 7) is 3.96. The van der Waals surface area contributed by atoms with Crippen molar-refractivity contribution < 1.29 is 25.2 Å². The van der Waals surface area contributed by atoms with Gasteiger partial charge >= 0.3 is 0 Å². The molecule has 0 heterocycles. The van der Waals surface area contributed by atoms with Gasteiger partial charge in [0.05, 0.1) is 23.0 Å². The van der Waals surface area contributed by atoms with E-state index in [0.717, 1.165) is 36.8 Å². The summed E-state index contributed by atoms with van der Waals surface area (Å²) in [5.41, 5.74) is 1.96. The molecular weight excluding hydrogens is 436 g/mol. The first kappa shape index (κ1) is 23.9. The second-order valence-electron chi connectivity index (χ2n) is 8.23. The van der Waals surface area contributed by atoms with Crippen LogP contribution in [0.25, 0.3) is 0 Å². The first-order chi connectivity index (χ1) is 14.7. The molecule has 1 aliphatic rings. The molecule has 1 fully saturated rings. The molecular formula is C23H30O6S2. The van der Waals surface area contributed by atoms with Crippen LogP contribution < -0.4 is 0 Å². The molecule has 0 aromatic heterocycles. The van der Waals surface area contributed by atoms with Gasteiger partial charge in [0, 0.05) is 0 Å². The second-order valence-corrected chi connectivity index (χ2v) is 11.5. The summed E-state index contributed by atoms with van der Waals surface area (Å²) in [6.07, 6.45) is 4.36. The van der Waals surface area contributed by atoms with Crippen molar-refractivity contribution >= 4 is 20.2 Å². The number of hydrogen-bond acceptors (Lipinski definition) is 6. The molecule has 2 unspecified atom stereocenters. The highest BCUT2D eigenvalue weighted by Crippen LogP contribution is 2.33. The minimum absolute atomic E-state index is 0.0552. The third-order valence-corrected chi connectivity index (χ3v) is 8.47. The van der Waals surface area contributed by atoms with Crippen LogP contribution in [0.2, 0.25) is 0 Å². The van der Waals surface area contributed by atoms with Crippen LogP contribution in [-0.2, 0) is 28.6 Å². The smallest absolute Gasteiger partial charge is 0.266 e. The van der Waals surface area contributed by atoms with Gasteiger partial charge in [-0.05, 0) is 62.8 Å². The van der Waals surface area contributed by atoms with Gasteiger partial charge in [-0.25, -0.2) is 0 Å². The standard InChI is InChI=1S/C23H30O6S2/c1-18-7-11-22(12-8-18)30(24,25)28-16-15-20-5-3-4-6-21(20)17-29-31(26,27)23-13-9-19(2)10-14-23/h7-14,20-21H,3-6,15-17H2,1-2H3. The largest absolute Gasteiger partial charge is 0.296 e. The fourth-order valence-corrected chi connectivity index (χ4v) is 5.80. The Morgan fingerprint density at radius 1 is 0.710 bits per heavy atom. The molecule has 2 atom stereocenters. The van der Waals surface area contributed by atoms with Crippen LogP contribution in [-0.4, -0.2) is 30.0 Å². The molecule has 0 spiro atoms. The van der Waals surface area contributed by atoms with E-state index in [0.29, 0.717) is 6.42 Å². The molecule has 31 heavy (non-hydrogen) atoms. The van der Waals surface area contributed by atoms with Gasteiger partial charge in [-0.1, -0.05) is 54.7 Å². The van der Waals surface area contributed by atoms with Gasteiger partial charge in [-0.2, -0.15) is 16.8 Å². The lowest BCUT2D eigenvalue weighted by Gasteiger charge is -2.31. The third-order valence-electron chi connectivity index (χ3n) is 5.85. The van der Waals surface area contributed by atoms with E-state index in [1.807, 2.05) is 13.8 Å². The molecule has 0 amide bonds. The van der Waals surface area contributed by atoms with Crippen LogP contribution in [0.15, 0.2) is 58.3 Å². The maximum absolute atomic E-state index is 12.5. The zero-order valence-corrected chi connectivity index (χ0v) is 19.6. The molecule has 0 radical (unpaired) electrons. The van der Waals surface area contributed by atoms with E-state index in [1.165, 1.54) is 12.1 Å².